The third-order valence-corrected chi connectivity index (χ3v) is 2.18. The highest BCUT2D eigenvalue weighted by Gasteiger charge is 2.07. The van der Waals surface area contributed by atoms with E-state index in [1.165, 1.54) is 25.4 Å². The lowest BCUT2D eigenvalue weighted by atomic mass is 9.43. The van der Waals surface area contributed by atoms with Crippen molar-refractivity contribution in [2.75, 3.05) is 0 Å². The third-order valence-electron chi connectivity index (χ3n) is 2.18. The van der Waals surface area contributed by atoms with E-state index >= 15 is 0 Å². The lowest BCUT2D eigenvalue weighted by molar-refractivity contribution is 0.708. The SMILES string of the molecule is CCB(CC)CCC(C)N. The van der Waals surface area contributed by atoms with Crippen LogP contribution in [0.3, 0.4) is 0 Å². The van der Waals surface area contributed by atoms with E-state index in [-0.39, 0.29) is 0 Å². The first kappa shape index (κ1) is 10.0. The molecule has 0 aromatic rings. The van der Waals surface area contributed by atoms with Gasteiger partial charge in [-0.05, 0) is 6.42 Å². The maximum absolute atomic E-state index is 5.65. The Morgan fingerprint density at radius 2 is 1.80 bits per heavy atom. The van der Waals surface area contributed by atoms with Crippen LogP contribution < -0.4 is 5.73 Å². The lowest BCUT2D eigenvalue weighted by Gasteiger charge is -2.09. The maximum Gasteiger partial charge on any atom is 0.139 e. The van der Waals surface area contributed by atoms with Crippen LogP contribution in [0.15, 0.2) is 0 Å². The zero-order valence-electron chi connectivity index (χ0n) is 7.56. The van der Waals surface area contributed by atoms with Gasteiger partial charge in [-0.25, -0.2) is 0 Å². The van der Waals surface area contributed by atoms with E-state index in [0.29, 0.717) is 6.04 Å². The molecule has 0 aliphatic carbocycles. The van der Waals surface area contributed by atoms with E-state index in [4.69, 9.17) is 5.73 Å². The summed E-state index contributed by atoms with van der Waals surface area (Å²) in [5, 5.41) is 0. The van der Waals surface area contributed by atoms with Crippen molar-refractivity contribution in [2.24, 2.45) is 5.73 Å². The molecule has 0 fully saturated rings. The van der Waals surface area contributed by atoms with Crippen molar-refractivity contribution in [1.29, 1.82) is 0 Å². The van der Waals surface area contributed by atoms with E-state index in [1.807, 2.05) is 0 Å². The van der Waals surface area contributed by atoms with E-state index in [2.05, 4.69) is 20.8 Å². The molecule has 0 radical (unpaired) electrons. The van der Waals surface area contributed by atoms with Gasteiger partial charge in [-0.3, -0.25) is 0 Å². The Hall–Kier alpha value is 0.0249. The zero-order chi connectivity index (χ0) is 7.98. The zero-order valence-corrected chi connectivity index (χ0v) is 7.56. The Labute approximate surface area is 65.5 Å². The van der Waals surface area contributed by atoms with Crippen LogP contribution in [0.4, 0.5) is 0 Å². The summed E-state index contributed by atoms with van der Waals surface area (Å²) in [7, 11) is 0. The Bertz CT molecular complexity index is 69.7. The van der Waals surface area contributed by atoms with Gasteiger partial charge in [0.15, 0.2) is 0 Å². The van der Waals surface area contributed by atoms with Crippen LogP contribution in [-0.2, 0) is 0 Å². The molecule has 0 saturated heterocycles. The van der Waals surface area contributed by atoms with Crippen LogP contribution in [-0.4, -0.2) is 12.8 Å². The summed E-state index contributed by atoms with van der Waals surface area (Å²) in [4.78, 5) is 0. The monoisotopic (exact) mass is 141 g/mol. The van der Waals surface area contributed by atoms with Gasteiger partial charge in [0.25, 0.3) is 0 Å². The van der Waals surface area contributed by atoms with Crippen LogP contribution in [0, 0.1) is 0 Å². The fourth-order valence-corrected chi connectivity index (χ4v) is 1.20. The predicted molar refractivity (Wildman–Crippen MR) is 49.8 cm³/mol. The number of hydrogen-bond donors (Lipinski definition) is 1. The van der Waals surface area contributed by atoms with Gasteiger partial charge in [0, 0.05) is 6.04 Å². The summed E-state index contributed by atoms with van der Waals surface area (Å²) in [6, 6.07) is 0.389. The molecule has 0 aromatic carbocycles. The van der Waals surface area contributed by atoms with Crippen LogP contribution in [0.2, 0.25) is 19.0 Å². The summed E-state index contributed by atoms with van der Waals surface area (Å²) in [5.74, 6) is 0. The van der Waals surface area contributed by atoms with Gasteiger partial charge in [0.1, 0.15) is 6.71 Å². The molecular weight excluding hydrogens is 121 g/mol. The normalized spacial score (nSPS) is 13.2. The Morgan fingerprint density at radius 1 is 1.30 bits per heavy atom. The average Bonchev–Trinajstić information content (AvgIpc) is 1.90. The number of hydrogen-bond acceptors (Lipinski definition) is 1. The summed E-state index contributed by atoms with van der Waals surface area (Å²) in [6.45, 7) is 7.51. The van der Waals surface area contributed by atoms with Crippen molar-refractivity contribution < 1.29 is 0 Å². The molecule has 0 amide bonds. The minimum absolute atomic E-state index is 0.389. The molecule has 0 aromatic heterocycles. The van der Waals surface area contributed by atoms with Gasteiger partial charge in [-0.15, -0.1) is 0 Å². The molecule has 0 bridgehead atoms. The Morgan fingerprint density at radius 3 is 2.10 bits per heavy atom. The smallest absolute Gasteiger partial charge is 0.139 e. The molecule has 0 aliphatic rings. The molecule has 0 heterocycles. The van der Waals surface area contributed by atoms with Crippen LogP contribution in [0.5, 0.6) is 0 Å². The van der Waals surface area contributed by atoms with Crippen LogP contribution in [0.25, 0.3) is 0 Å². The summed E-state index contributed by atoms with van der Waals surface area (Å²) in [5.41, 5.74) is 5.65. The van der Waals surface area contributed by atoms with Crippen molar-refractivity contribution in [3.05, 3.63) is 0 Å². The largest absolute Gasteiger partial charge is 0.328 e. The van der Waals surface area contributed by atoms with Gasteiger partial charge in [-0.2, -0.15) is 0 Å². The summed E-state index contributed by atoms with van der Waals surface area (Å²) >= 11 is 0. The highest BCUT2D eigenvalue weighted by molar-refractivity contribution is 6.58. The van der Waals surface area contributed by atoms with Gasteiger partial charge < -0.3 is 5.73 Å². The Kier molecular flexibility index (Phi) is 5.80. The fourth-order valence-electron chi connectivity index (χ4n) is 1.20. The van der Waals surface area contributed by atoms with Crippen LogP contribution in [0.1, 0.15) is 27.2 Å². The topological polar surface area (TPSA) is 26.0 Å². The second kappa shape index (κ2) is 5.78. The van der Waals surface area contributed by atoms with Crippen LogP contribution >= 0.6 is 0 Å². The minimum atomic E-state index is 0.389. The summed E-state index contributed by atoms with van der Waals surface area (Å²) < 4.78 is 0. The number of nitrogens with two attached hydrogens (primary N) is 1. The molecule has 1 atom stereocenters. The van der Waals surface area contributed by atoms with Gasteiger partial charge in [-0.1, -0.05) is 39.7 Å². The average molecular weight is 141 g/mol. The first-order valence-corrected chi connectivity index (χ1v) is 4.46. The fraction of sp³-hybridized carbons (Fsp3) is 1.00. The van der Waals surface area contributed by atoms with Crippen molar-refractivity contribution >= 4 is 6.71 Å². The molecule has 1 nitrogen and oxygen atoms in total. The first-order chi connectivity index (χ1) is 4.70. The second-order valence-electron chi connectivity index (χ2n) is 3.24. The molecule has 0 spiro atoms. The molecule has 1 unspecified atom stereocenters. The molecule has 60 valence electrons. The predicted octanol–water partition coefficient (Wildman–Crippen LogP) is 2.26. The second-order valence-corrected chi connectivity index (χ2v) is 3.24. The van der Waals surface area contributed by atoms with Gasteiger partial charge in [0.05, 0.1) is 0 Å². The first-order valence-electron chi connectivity index (χ1n) is 4.46. The molecule has 2 heteroatoms. The molecule has 2 N–H and O–H groups in total. The maximum atomic E-state index is 5.65. The van der Waals surface area contributed by atoms with Gasteiger partial charge in [0.2, 0.25) is 0 Å². The van der Waals surface area contributed by atoms with Gasteiger partial charge >= 0.3 is 0 Å². The quantitative estimate of drug-likeness (QED) is 0.584. The van der Waals surface area contributed by atoms with E-state index in [9.17, 15) is 0 Å². The highest BCUT2D eigenvalue weighted by Crippen LogP contribution is 2.08. The number of rotatable bonds is 5. The van der Waals surface area contributed by atoms with E-state index in [1.54, 1.807) is 0 Å². The molecule has 10 heavy (non-hydrogen) atoms. The molecule has 0 rings (SSSR count). The Balaban J connectivity index is 3.26. The molecule has 0 saturated carbocycles. The van der Waals surface area contributed by atoms with E-state index < -0.39 is 0 Å². The highest BCUT2D eigenvalue weighted by atomic mass is 14.6. The van der Waals surface area contributed by atoms with Crippen molar-refractivity contribution in [2.45, 2.75) is 52.2 Å². The minimum Gasteiger partial charge on any atom is -0.328 e. The van der Waals surface area contributed by atoms with Crippen molar-refractivity contribution in [3.8, 4) is 0 Å². The standard InChI is InChI=1S/C8H20BN/c1-4-9(5-2)7-6-8(3)10/h8H,4-7,10H2,1-3H3. The molecule has 0 aliphatic heterocycles. The summed E-state index contributed by atoms with van der Waals surface area (Å²) in [6.07, 6.45) is 5.11. The van der Waals surface area contributed by atoms with Crippen molar-refractivity contribution in [3.63, 3.8) is 0 Å². The molecular formula is C8H20BN. The third kappa shape index (κ3) is 4.86. The van der Waals surface area contributed by atoms with Crippen molar-refractivity contribution in [1.82, 2.24) is 0 Å². The lowest BCUT2D eigenvalue weighted by Crippen LogP contribution is -2.18. The van der Waals surface area contributed by atoms with E-state index in [0.717, 1.165) is 6.71 Å².